The summed E-state index contributed by atoms with van der Waals surface area (Å²) in [6.45, 7) is 6.31. The lowest BCUT2D eigenvalue weighted by molar-refractivity contribution is -0.135. The number of nitrogens with zero attached hydrogens (tertiary/aromatic N) is 2. The second-order valence-electron chi connectivity index (χ2n) is 4.80. The zero-order chi connectivity index (χ0) is 13.0. The minimum absolute atomic E-state index is 0.131. The molecule has 18 heavy (non-hydrogen) atoms. The summed E-state index contributed by atoms with van der Waals surface area (Å²) in [5.74, 6) is 0.131. The van der Waals surface area contributed by atoms with Gasteiger partial charge in [0.2, 0.25) is 5.91 Å². The van der Waals surface area contributed by atoms with E-state index < -0.39 is 0 Å². The zero-order valence-corrected chi connectivity index (χ0v) is 11.1. The summed E-state index contributed by atoms with van der Waals surface area (Å²) >= 11 is 0. The second-order valence-corrected chi connectivity index (χ2v) is 4.80. The molecule has 4 heteroatoms. The Bertz CT molecular complexity index is 407. The Labute approximate surface area is 108 Å². The highest BCUT2D eigenvalue weighted by atomic mass is 16.2. The lowest BCUT2D eigenvalue weighted by Crippen LogP contribution is -2.52. The van der Waals surface area contributed by atoms with E-state index in [2.05, 4.69) is 17.2 Å². The number of pyridine rings is 1. The number of amides is 1. The van der Waals surface area contributed by atoms with E-state index in [1.165, 1.54) is 0 Å². The molecule has 0 spiro atoms. The Morgan fingerprint density at radius 1 is 1.56 bits per heavy atom. The molecule has 1 saturated heterocycles. The molecule has 4 nitrogen and oxygen atoms in total. The third-order valence-corrected chi connectivity index (χ3v) is 3.78. The topological polar surface area (TPSA) is 45.2 Å². The molecule has 1 aliphatic rings. The van der Waals surface area contributed by atoms with E-state index in [4.69, 9.17) is 0 Å². The van der Waals surface area contributed by atoms with Crippen molar-refractivity contribution in [3.63, 3.8) is 0 Å². The van der Waals surface area contributed by atoms with Crippen LogP contribution in [0.4, 0.5) is 0 Å². The third-order valence-electron chi connectivity index (χ3n) is 3.78. The van der Waals surface area contributed by atoms with Crippen LogP contribution in [0.3, 0.4) is 0 Å². The number of hydrogen-bond acceptors (Lipinski definition) is 3. The lowest BCUT2D eigenvalue weighted by Gasteiger charge is -2.41. The summed E-state index contributed by atoms with van der Waals surface area (Å²) in [6.07, 6.45) is 3.67. The number of hydrogen-bond donors (Lipinski definition) is 1. The first kappa shape index (κ1) is 13.0. The van der Waals surface area contributed by atoms with Crippen molar-refractivity contribution in [3.8, 4) is 0 Å². The van der Waals surface area contributed by atoms with Gasteiger partial charge in [-0.15, -0.1) is 0 Å². The Morgan fingerprint density at radius 2 is 2.39 bits per heavy atom. The quantitative estimate of drug-likeness (QED) is 0.862. The molecule has 0 bridgehead atoms. The Morgan fingerprint density at radius 3 is 3.00 bits per heavy atom. The minimum atomic E-state index is -0.302. The van der Waals surface area contributed by atoms with Gasteiger partial charge in [-0.05, 0) is 31.5 Å². The largest absolute Gasteiger partial charge is 0.330 e. The molecule has 0 saturated carbocycles. The first-order valence-corrected chi connectivity index (χ1v) is 6.61. The maximum Gasteiger partial charge on any atom is 0.220 e. The molecular weight excluding hydrogens is 226 g/mol. The Balaban J connectivity index is 2.45. The monoisotopic (exact) mass is 247 g/mol. The summed E-state index contributed by atoms with van der Waals surface area (Å²) in [5.41, 5.74) is 0.681. The van der Waals surface area contributed by atoms with E-state index in [-0.39, 0.29) is 11.4 Å². The van der Waals surface area contributed by atoms with Gasteiger partial charge in [0.15, 0.2) is 0 Å². The second kappa shape index (κ2) is 5.48. The summed E-state index contributed by atoms with van der Waals surface area (Å²) in [5, 5.41) is 3.44. The summed E-state index contributed by atoms with van der Waals surface area (Å²) in [6, 6.07) is 5.92. The van der Waals surface area contributed by atoms with Crippen molar-refractivity contribution in [1.82, 2.24) is 15.2 Å². The van der Waals surface area contributed by atoms with E-state index in [1.54, 1.807) is 13.1 Å². The molecule has 1 unspecified atom stereocenters. The van der Waals surface area contributed by atoms with Crippen LogP contribution in [-0.4, -0.2) is 35.4 Å². The van der Waals surface area contributed by atoms with E-state index in [1.807, 2.05) is 23.1 Å². The summed E-state index contributed by atoms with van der Waals surface area (Å²) in [7, 11) is 0. The molecule has 0 aliphatic carbocycles. The Hall–Kier alpha value is -1.42. The highest BCUT2D eigenvalue weighted by Gasteiger charge is 2.40. The average Bonchev–Trinajstić information content (AvgIpc) is 2.62. The van der Waals surface area contributed by atoms with Gasteiger partial charge in [0.05, 0.1) is 11.2 Å². The van der Waals surface area contributed by atoms with Crippen LogP contribution in [0.1, 0.15) is 32.4 Å². The van der Waals surface area contributed by atoms with E-state index in [9.17, 15) is 4.79 Å². The molecule has 0 aromatic carbocycles. The van der Waals surface area contributed by atoms with Crippen molar-refractivity contribution in [2.45, 2.75) is 32.2 Å². The van der Waals surface area contributed by atoms with Crippen molar-refractivity contribution in [3.05, 3.63) is 30.1 Å². The number of carbonyl (C=O) groups is 1. The van der Waals surface area contributed by atoms with Crippen LogP contribution in [-0.2, 0) is 10.3 Å². The first-order valence-electron chi connectivity index (χ1n) is 6.61. The summed E-state index contributed by atoms with van der Waals surface area (Å²) < 4.78 is 0. The van der Waals surface area contributed by atoms with Crippen molar-refractivity contribution < 1.29 is 4.79 Å². The van der Waals surface area contributed by atoms with Gasteiger partial charge in [-0.1, -0.05) is 13.0 Å². The highest BCUT2D eigenvalue weighted by molar-refractivity contribution is 5.74. The van der Waals surface area contributed by atoms with Gasteiger partial charge in [0.25, 0.3) is 0 Å². The average molecular weight is 247 g/mol. The molecule has 2 heterocycles. The van der Waals surface area contributed by atoms with Gasteiger partial charge in [0, 0.05) is 26.2 Å². The number of aromatic nitrogens is 1. The van der Waals surface area contributed by atoms with Crippen molar-refractivity contribution in [2.24, 2.45) is 0 Å². The van der Waals surface area contributed by atoms with Gasteiger partial charge in [-0.25, -0.2) is 0 Å². The molecule has 1 aromatic rings. The van der Waals surface area contributed by atoms with Crippen LogP contribution in [0.5, 0.6) is 0 Å². The fraction of sp³-hybridized carbons (Fsp3) is 0.571. The van der Waals surface area contributed by atoms with E-state index >= 15 is 0 Å². The third kappa shape index (κ3) is 2.25. The fourth-order valence-corrected chi connectivity index (χ4v) is 2.79. The van der Waals surface area contributed by atoms with Crippen molar-refractivity contribution in [2.75, 3.05) is 19.6 Å². The summed E-state index contributed by atoms with van der Waals surface area (Å²) in [4.78, 5) is 18.4. The maximum atomic E-state index is 12.0. The maximum absolute atomic E-state index is 12.0. The molecule has 1 aliphatic heterocycles. The number of nitrogens with one attached hydrogen (secondary N) is 1. The van der Waals surface area contributed by atoms with Gasteiger partial charge >= 0.3 is 0 Å². The molecule has 1 aromatic heterocycles. The van der Waals surface area contributed by atoms with Crippen LogP contribution >= 0.6 is 0 Å². The van der Waals surface area contributed by atoms with Gasteiger partial charge in [0.1, 0.15) is 0 Å². The molecule has 1 N–H and O–H groups in total. The molecule has 1 atom stereocenters. The van der Waals surface area contributed by atoms with E-state index in [0.717, 1.165) is 38.2 Å². The minimum Gasteiger partial charge on any atom is -0.330 e. The standard InChI is InChI=1S/C14H21N3O/c1-3-14(13-7-4-5-9-16-13)11-15-8-6-10-17(14)12(2)18/h4-5,7,9,15H,3,6,8,10-11H2,1-2H3. The molecule has 98 valence electrons. The molecule has 1 fully saturated rings. The highest BCUT2D eigenvalue weighted by Crippen LogP contribution is 2.31. The van der Waals surface area contributed by atoms with Crippen LogP contribution in [0.15, 0.2) is 24.4 Å². The van der Waals surface area contributed by atoms with Crippen molar-refractivity contribution >= 4 is 5.91 Å². The molecule has 2 rings (SSSR count). The van der Waals surface area contributed by atoms with Crippen LogP contribution < -0.4 is 5.32 Å². The SMILES string of the molecule is CCC1(c2ccccn2)CNCCCN1C(C)=O. The first-order chi connectivity index (χ1) is 8.70. The number of carbonyl (C=O) groups excluding carboxylic acids is 1. The Kier molecular flexibility index (Phi) is 3.97. The normalized spacial score (nSPS) is 24.7. The van der Waals surface area contributed by atoms with Crippen LogP contribution in [0, 0.1) is 0 Å². The van der Waals surface area contributed by atoms with Gasteiger partial charge < -0.3 is 10.2 Å². The predicted molar refractivity (Wildman–Crippen MR) is 71.1 cm³/mol. The number of rotatable bonds is 2. The molecular formula is C14H21N3O. The predicted octanol–water partition coefficient (Wildman–Crippen LogP) is 1.53. The van der Waals surface area contributed by atoms with Crippen LogP contribution in [0.25, 0.3) is 0 Å². The lowest BCUT2D eigenvalue weighted by atomic mass is 9.89. The zero-order valence-electron chi connectivity index (χ0n) is 11.1. The van der Waals surface area contributed by atoms with E-state index in [0.29, 0.717) is 0 Å². The fourth-order valence-electron chi connectivity index (χ4n) is 2.79. The van der Waals surface area contributed by atoms with Gasteiger partial charge in [-0.3, -0.25) is 9.78 Å². The van der Waals surface area contributed by atoms with Crippen molar-refractivity contribution in [1.29, 1.82) is 0 Å². The smallest absolute Gasteiger partial charge is 0.220 e. The molecule has 0 radical (unpaired) electrons. The molecule has 1 amide bonds. The van der Waals surface area contributed by atoms with Crippen LogP contribution in [0.2, 0.25) is 0 Å². The van der Waals surface area contributed by atoms with Gasteiger partial charge in [-0.2, -0.15) is 0 Å².